The Balaban J connectivity index is 1.96. The smallest absolute Gasteiger partial charge is 0.278 e. The molecule has 6 heteroatoms. The molecule has 3 aromatic rings. The summed E-state index contributed by atoms with van der Waals surface area (Å²) in [6.07, 6.45) is 0. The molecule has 0 aliphatic rings. The highest BCUT2D eigenvalue weighted by Crippen LogP contribution is 2.29. The zero-order chi connectivity index (χ0) is 22.6. The molecule has 0 spiro atoms. The Bertz CT molecular complexity index is 1150. The quantitative estimate of drug-likeness (QED) is 0.508. The summed E-state index contributed by atoms with van der Waals surface area (Å²) < 4.78 is 33.4. The maximum atomic E-state index is 13.3. The second-order valence-electron chi connectivity index (χ2n) is 7.80. The van der Waals surface area contributed by atoms with Crippen molar-refractivity contribution < 1.29 is 17.9 Å². The Morgan fingerprint density at radius 1 is 0.903 bits per heavy atom. The third-order valence-electron chi connectivity index (χ3n) is 4.92. The molecule has 3 rings (SSSR count). The SMILES string of the molecule is Cc1ccc(N(C(=O)COc2cc(C)ccc2C(C)C)S(=O)(=O)c2ccccc2)cc1. The number of aryl methyl sites for hydroxylation is 2. The Labute approximate surface area is 184 Å². The van der Waals surface area contributed by atoms with Crippen molar-refractivity contribution in [1.82, 2.24) is 0 Å². The summed E-state index contributed by atoms with van der Waals surface area (Å²) >= 11 is 0. The first-order valence-corrected chi connectivity index (χ1v) is 11.6. The van der Waals surface area contributed by atoms with Crippen LogP contribution in [0.25, 0.3) is 0 Å². The second kappa shape index (κ2) is 9.35. The molecule has 0 N–H and O–H groups in total. The zero-order valence-electron chi connectivity index (χ0n) is 18.2. The molecule has 0 saturated heterocycles. The summed E-state index contributed by atoms with van der Waals surface area (Å²) in [5.41, 5.74) is 3.20. The van der Waals surface area contributed by atoms with Crippen LogP contribution in [0.2, 0.25) is 0 Å². The fourth-order valence-corrected chi connectivity index (χ4v) is 4.67. The van der Waals surface area contributed by atoms with Gasteiger partial charge in [0.1, 0.15) is 5.75 Å². The van der Waals surface area contributed by atoms with Gasteiger partial charge in [0.2, 0.25) is 0 Å². The van der Waals surface area contributed by atoms with Crippen LogP contribution in [0.15, 0.2) is 77.7 Å². The molecule has 0 bridgehead atoms. The van der Waals surface area contributed by atoms with E-state index in [0.29, 0.717) is 5.75 Å². The van der Waals surface area contributed by atoms with Crippen LogP contribution in [0.3, 0.4) is 0 Å². The zero-order valence-corrected chi connectivity index (χ0v) is 19.0. The van der Waals surface area contributed by atoms with Gasteiger partial charge in [-0.2, -0.15) is 4.31 Å². The number of hydrogen-bond donors (Lipinski definition) is 0. The van der Waals surface area contributed by atoms with Gasteiger partial charge in [0.25, 0.3) is 15.9 Å². The predicted octanol–water partition coefficient (Wildman–Crippen LogP) is 5.23. The van der Waals surface area contributed by atoms with Gasteiger partial charge in [-0.25, -0.2) is 8.42 Å². The number of rotatable bonds is 7. The number of carbonyl (C=O) groups excluding carboxylic acids is 1. The lowest BCUT2D eigenvalue weighted by Gasteiger charge is -2.23. The van der Waals surface area contributed by atoms with Gasteiger partial charge >= 0.3 is 0 Å². The fraction of sp³-hybridized carbons (Fsp3) is 0.240. The minimum atomic E-state index is -4.10. The summed E-state index contributed by atoms with van der Waals surface area (Å²) in [6.45, 7) is 7.52. The van der Waals surface area contributed by atoms with Crippen molar-refractivity contribution in [2.75, 3.05) is 10.9 Å². The molecule has 0 atom stereocenters. The van der Waals surface area contributed by atoms with Gasteiger partial charge in [0.15, 0.2) is 6.61 Å². The molecule has 162 valence electrons. The molecule has 0 aliphatic carbocycles. The maximum absolute atomic E-state index is 13.3. The topological polar surface area (TPSA) is 63.7 Å². The third kappa shape index (κ3) is 5.14. The van der Waals surface area contributed by atoms with Crippen LogP contribution in [-0.2, 0) is 14.8 Å². The minimum Gasteiger partial charge on any atom is -0.483 e. The fourth-order valence-electron chi connectivity index (χ4n) is 3.24. The Kier molecular flexibility index (Phi) is 6.81. The molecular formula is C25H27NO4S. The number of sulfonamides is 1. The monoisotopic (exact) mass is 437 g/mol. The lowest BCUT2D eigenvalue weighted by atomic mass is 10.0. The van der Waals surface area contributed by atoms with Crippen LogP contribution in [0.4, 0.5) is 5.69 Å². The van der Waals surface area contributed by atoms with Crippen LogP contribution in [0.5, 0.6) is 5.75 Å². The normalized spacial score (nSPS) is 11.4. The third-order valence-corrected chi connectivity index (χ3v) is 6.68. The highest BCUT2D eigenvalue weighted by atomic mass is 32.2. The highest BCUT2D eigenvalue weighted by molar-refractivity contribution is 7.93. The number of amides is 1. The van der Waals surface area contributed by atoms with E-state index in [4.69, 9.17) is 4.74 Å². The van der Waals surface area contributed by atoms with Gasteiger partial charge in [-0.1, -0.05) is 61.9 Å². The molecule has 0 aromatic heterocycles. The van der Waals surface area contributed by atoms with E-state index >= 15 is 0 Å². The summed E-state index contributed by atoms with van der Waals surface area (Å²) in [7, 11) is -4.10. The summed E-state index contributed by atoms with van der Waals surface area (Å²) in [6, 6.07) is 20.6. The second-order valence-corrected chi connectivity index (χ2v) is 9.58. The van der Waals surface area contributed by atoms with Gasteiger partial charge in [0.05, 0.1) is 10.6 Å². The summed E-state index contributed by atoms with van der Waals surface area (Å²) in [4.78, 5) is 13.3. The van der Waals surface area contributed by atoms with Gasteiger partial charge in [0, 0.05) is 0 Å². The maximum Gasteiger partial charge on any atom is 0.278 e. The predicted molar refractivity (Wildman–Crippen MR) is 123 cm³/mol. The van der Waals surface area contributed by atoms with Crippen molar-refractivity contribution >= 4 is 21.6 Å². The lowest BCUT2D eigenvalue weighted by Crippen LogP contribution is -2.40. The van der Waals surface area contributed by atoms with Gasteiger partial charge in [-0.3, -0.25) is 4.79 Å². The van der Waals surface area contributed by atoms with E-state index in [0.717, 1.165) is 21.0 Å². The molecule has 5 nitrogen and oxygen atoms in total. The van der Waals surface area contributed by atoms with E-state index in [2.05, 4.69) is 0 Å². The molecule has 3 aromatic carbocycles. The van der Waals surface area contributed by atoms with Gasteiger partial charge < -0.3 is 4.74 Å². The summed E-state index contributed by atoms with van der Waals surface area (Å²) in [5.74, 6) is 0.125. The Morgan fingerprint density at radius 2 is 1.52 bits per heavy atom. The molecule has 0 fully saturated rings. The standard InChI is InChI=1S/C25H27NO4S/c1-18(2)23-15-12-20(4)16-24(23)30-17-25(27)26(21-13-10-19(3)11-14-21)31(28,29)22-8-6-5-7-9-22/h5-16,18H,17H2,1-4H3. The molecule has 0 radical (unpaired) electrons. The average Bonchev–Trinajstić information content (AvgIpc) is 2.74. The first-order valence-electron chi connectivity index (χ1n) is 10.1. The molecule has 1 amide bonds. The van der Waals surface area contributed by atoms with E-state index in [1.54, 1.807) is 42.5 Å². The minimum absolute atomic E-state index is 0.0438. The molecule has 31 heavy (non-hydrogen) atoms. The van der Waals surface area contributed by atoms with Crippen molar-refractivity contribution in [2.45, 2.75) is 38.5 Å². The molecular weight excluding hydrogens is 410 g/mol. The first-order chi connectivity index (χ1) is 14.7. The van der Waals surface area contributed by atoms with E-state index in [-0.39, 0.29) is 16.5 Å². The summed E-state index contributed by atoms with van der Waals surface area (Å²) in [5, 5.41) is 0. The molecule has 0 saturated carbocycles. The van der Waals surface area contributed by atoms with E-state index < -0.39 is 22.5 Å². The van der Waals surface area contributed by atoms with Gasteiger partial charge in [-0.05, 0) is 61.2 Å². The number of benzene rings is 3. The van der Waals surface area contributed by atoms with Crippen LogP contribution in [0.1, 0.15) is 36.5 Å². The van der Waals surface area contributed by atoms with Crippen molar-refractivity contribution in [1.29, 1.82) is 0 Å². The van der Waals surface area contributed by atoms with E-state index in [1.807, 2.05) is 45.9 Å². The van der Waals surface area contributed by atoms with Crippen LogP contribution < -0.4 is 9.04 Å². The number of ether oxygens (including phenoxy) is 1. The molecule has 0 heterocycles. The molecule has 0 aliphatic heterocycles. The first kappa shape index (κ1) is 22.6. The van der Waals surface area contributed by atoms with Gasteiger partial charge in [-0.15, -0.1) is 0 Å². The van der Waals surface area contributed by atoms with Crippen molar-refractivity contribution in [2.24, 2.45) is 0 Å². The van der Waals surface area contributed by atoms with Crippen molar-refractivity contribution in [3.05, 3.63) is 89.5 Å². The van der Waals surface area contributed by atoms with Crippen LogP contribution >= 0.6 is 0 Å². The Morgan fingerprint density at radius 3 is 2.13 bits per heavy atom. The molecule has 0 unspecified atom stereocenters. The number of nitrogens with zero attached hydrogens (tertiary/aromatic N) is 1. The highest BCUT2D eigenvalue weighted by Gasteiger charge is 2.31. The van der Waals surface area contributed by atoms with E-state index in [1.165, 1.54) is 12.1 Å². The van der Waals surface area contributed by atoms with Crippen molar-refractivity contribution in [3.8, 4) is 5.75 Å². The lowest BCUT2D eigenvalue weighted by molar-refractivity contribution is -0.119. The van der Waals surface area contributed by atoms with Crippen LogP contribution in [-0.4, -0.2) is 20.9 Å². The number of carbonyl (C=O) groups is 1. The number of hydrogen-bond acceptors (Lipinski definition) is 4. The average molecular weight is 438 g/mol. The largest absolute Gasteiger partial charge is 0.483 e. The number of anilines is 1. The van der Waals surface area contributed by atoms with Crippen molar-refractivity contribution in [3.63, 3.8) is 0 Å². The Hall–Kier alpha value is -3.12. The van der Waals surface area contributed by atoms with Crippen LogP contribution in [0, 0.1) is 13.8 Å². The van der Waals surface area contributed by atoms with E-state index in [9.17, 15) is 13.2 Å².